The molecule has 0 bridgehead atoms. The Morgan fingerprint density at radius 1 is 0.609 bits per heavy atom. The van der Waals surface area contributed by atoms with Gasteiger partial charge < -0.3 is 0 Å². The molecule has 0 saturated heterocycles. The first-order valence-electron chi connectivity index (χ1n) is 13.8. The Morgan fingerprint density at radius 2 is 0.978 bits per heavy atom. The molecule has 0 fully saturated rings. The SMILES string of the molecule is CCCC[C@@H](O)[C@H](c1ccccc1)P12(OC(C(F)(F)F)(C(F)(F)F)c3ccccc31)OC(C(F)(F)F)(C(F)(F)F)c1ccccc12. The second-order valence-corrected chi connectivity index (χ2v) is 15.1. The molecule has 0 aromatic heterocycles. The normalized spacial score (nSPS) is 22.0. The van der Waals surface area contributed by atoms with Crippen molar-refractivity contribution in [2.45, 2.75) is 73.9 Å². The summed E-state index contributed by atoms with van der Waals surface area (Å²) >= 11 is 0. The van der Waals surface area contributed by atoms with Gasteiger partial charge in [0.05, 0.1) is 0 Å². The van der Waals surface area contributed by atoms with Crippen LogP contribution in [0.5, 0.6) is 0 Å². The van der Waals surface area contributed by atoms with E-state index in [1.165, 1.54) is 18.2 Å². The molecule has 3 aromatic rings. The van der Waals surface area contributed by atoms with Crippen molar-refractivity contribution >= 4 is 17.7 Å². The summed E-state index contributed by atoms with van der Waals surface area (Å²) < 4.78 is 192. The van der Waals surface area contributed by atoms with Gasteiger partial charge in [-0.1, -0.05) is 0 Å². The van der Waals surface area contributed by atoms with Crippen molar-refractivity contribution in [3.8, 4) is 0 Å². The third kappa shape index (κ3) is 4.23. The molecule has 3 nitrogen and oxygen atoms in total. The molecule has 16 heteroatoms. The zero-order valence-electron chi connectivity index (χ0n) is 23.5. The standard InChI is InChI=1S/C30H25F12O3P/c1-2-3-15-21(43)24(18-11-5-4-6-12-18)46(22-16-9-7-13-19(22)25(44-46,27(31,32)33)28(34,35)36)23-17-10-8-14-20(23)26(45-46,29(37,38)39)30(40,41)42/h4-14,16-17,21,24,43H,2-3,15H2,1H3/t21-,24+/m1/s1. The van der Waals surface area contributed by atoms with E-state index in [4.69, 9.17) is 9.05 Å². The van der Waals surface area contributed by atoms with E-state index in [-0.39, 0.29) is 12.8 Å². The van der Waals surface area contributed by atoms with Crippen LogP contribution in [0.25, 0.3) is 0 Å². The summed E-state index contributed by atoms with van der Waals surface area (Å²) in [6.45, 7) is 1.61. The number of hydrogen-bond acceptors (Lipinski definition) is 3. The molecule has 2 aliphatic heterocycles. The molecule has 0 radical (unpaired) electrons. The van der Waals surface area contributed by atoms with Gasteiger partial charge in [0, 0.05) is 0 Å². The van der Waals surface area contributed by atoms with Crippen molar-refractivity contribution in [1.82, 2.24) is 0 Å². The van der Waals surface area contributed by atoms with Crippen molar-refractivity contribution in [1.29, 1.82) is 0 Å². The monoisotopic (exact) mass is 692 g/mol. The van der Waals surface area contributed by atoms with Gasteiger partial charge in [0.25, 0.3) is 0 Å². The molecule has 2 aliphatic rings. The molecule has 0 saturated carbocycles. The number of aliphatic hydroxyl groups excluding tert-OH is 1. The van der Waals surface area contributed by atoms with E-state index in [1.54, 1.807) is 6.92 Å². The van der Waals surface area contributed by atoms with E-state index in [9.17, 15) is 5.11 Å². The summed E-state index contributed by atoms with van der Waals surface area (Å²) in [5.41, 5.74) is -17.3. The van der Waals surface area contributed by atoms with Crippen LogP contribution in [0.1, 0.15) is 48.5 Å². The van der Waals surface area contributed by atoms with Crippen LogP contribution < -0.4 is 10.6 Å². The fourth-order valence-electron chi connectivity index (χ4n) is 6.85. The number of benzene rings is 3. The van der Waals surface area contributed by atoms with Gasteiger partial charge in [0.15, 0.2) is 0 Å². The number of aliphatic hydroxyl groups is 1. The molecule has 2 atom stereocenters. The first-order chi connectivity index (χ1) is 21.2. The molecule has 3 aromatic carbocycles. The van der Waals surface area contributed by atoms with Crippen molar-refractivity contribution in [3.63, 3.8) is 0 Å². The van der Waals surface area contributed by atoms with Crippen molar-refractivity contribution in [2.75, 3.05) is 0 Å². The Balaban J connectivity index is 2.13. The summed E-state index contributed by atoms with van der Waals surface area (Å²) in [5, 5.41) is 9.13. The van der Waals surface area contributed by atoms with E-state index in [1.807, 2.05) is 0 Å². The Bertz CT molecular complexity index is 1480. The van der Waals surface area contributed by atoms with Gasteiger partial charge in [-0.15, -0.1) is 0 Å². The number of alkyl halides is 12. The Kier molecular flexibility index (Phi) is 7.92. The number of halogens is 12. The van der Waals surface area contributed by atoms with E-state index in [0.29, 0.717) is 24.3 Å². The Morgan fingerprint density at radius 3 is 1.35 bits per heavy atom. The fraction of sp³-hybridized carbons (Fsp3) is 0.400. The molecule has 1 spiro atoms. The van der Waals surface area contributed by atoms with Crippen LogP contribution in [0.2, 0.25) is 0 Å². The second kappa shape index (κ2) is 10.6. The average molecular weight is 692 g/mol. The Hall–Kier alpha value is -2.87. The predicted molar refractivity (Wildman–Crippen MR) is 144 cm³/mol. The van der Waals surface area contributed by atoms with Crippen LogP contribution in [0.3, 0.4) is 0 Å². The molecule has 5 rings (SSSR count). The van der Waals surface area contributed by atoms with E-state index in [2.05, 4.69) is 0 Å². The average Bonchev–Trinajstić information content (AvgIpc) is 3.41. The Labute approximate surface area is 254 Å². The predicted octanol–water partition coefficient (Wildman–Crippen LogP) is 9.01. The number of fused-ring (bicyclic) bond motifs is 4. The number of hydrogen-bond donors (Lipinski definition) is 1. The maximum absolute atomic E-state index is 15.1. The summed E-state index contributed by atoms with van der Waals surface area (Å²) in [4.78, 5) is 0. The third-order valence-electron chi connectivity index (χ3n) is 8.58. The van der Waals surface area contributed by atoms with Gasteiger partial charge in [-0.3, -0.25) is 0 Å². The van der Waals surface area contributed by atoms with Gasteiger partial charge in [-0.05, 0) is 0 Å². The van der Waals surface area contributed by atoms with Crippen LogP contribution in [0.15, 0.2) is 78.9 Å². The van der Waals surface area contributed by atoms with Crippen molar-refractivity contribution in [3.05, 3.63) is 95.6 Å². The zero-order chi connectivity index (χ0) is 34.2. The third-order valence-corrected chi connectivity index (χ3v) is 14.1. The first kappa shape index (κ1) is 34.5. The second-order valence-electron chi connectivity index (χ2n) is 11.2. The van der Waals surface area contributed by atoms with E-state index < -0.39 is 88.4 Å². The molecular formula is C30H25F12O3P. The van der Waals surface area contributed by atoms with Crippen LogP contribution in [0.4, 0.5) is 52.7 Å². The molecule has 46 heavy (non-hydrogen) atoms. The molecular weight excluding hydrogens is 667 g/mol. The minimum absolute atomic E-state index is 0.0354. The maximum atomic E-state index is 15.1. The number of unbranched alkanes of at least 4 members (excludes halogenated alkanes) is 1. The molecule has 1 N–H and O–H groups in total. The molecule has 252 valence electrons. The van der Waals surface area contributed by atoms with Crippen LogP contribution >= 0.6 is 7.06 Å². The molecule has 0 unspecified atom stereocenters. The van der Waals surface area contributed by atoms with E-state index >= 15 is 52.7 Å². The topological polar surface area (TPSA) is 38.7 Å². The summed E-state index contributed by atoms with van der Waals surface area (Å²) in [6, 6.07) is 10.8. The van der Waals surface area contributed by atoms with E-state index in [0.717, 1.165) is 36.4 Å². The summed E-state index contributed by atoms with van der Waals surface area (Å²) in [6.07, 6.45) is -28.3. The van der Waals surface area contributed by atoms with Gasteiger partial charge in [0.1, 0.15) is 0 Å². The van der Waals surface area contributed by atoms with Crippen LogP contribution in [-0.4, -0.2) is 35.9 Å². The zero-order valence-corrected chi connectivity index (χ0v) is 24.4. The summed E-state index contributed by atoms with van der Waals surface area (Å²) in [5.74, 6) is 0. The van der Waals surface area contributed by atoms with Gasteiger partial charge in [-0.2, -0.15) is 0 Å². The molecule has 0 amide bonds. The minimum atomic E-state index is -7.24. The molecule has 2 heterocycles. The quantitative estimate of drug-likeness (QED) is 0.207. The first-order valence-corrected chi connectivity index (χ1v) is 15.9. The van der Waals surface area contributed by atoms with Crippen molar-refractivity contribution in [2.24, 2.45) is 0 Å². The van der Waals surface area contributed by atoms with Crippen molar-refractivity contribution < 1.29 is 66.8 Å². The van der Waals surface area contributed by atoms with Gasteiger partial charge in [0.2, 0.25) is 0 Å². The van der Waals surface area contributed by atoms with Crippen LogP contribution in [0, 0.1) is 0 Å². The van der Waals surface area contributed by atoms with Gasteiger partial charge >= 0.3 is 254 Å². The van der Waals surface area contributed by atoms with Gasteiger partial charge in [-0.25, -0.2) is 0 Å². The van der Waals surface area contributed by atoms with Crippen LogP contribution in [-0.2, 0) is 20.2 Å². The fourth-order valence-corrected chi connectivity index (χ4v) is 13.7. The molecule has 0 aliphatic carbocycles. The summed E-state index contributed by atoms with van der Waals surface area (Å²) in [7, 11) is -7.24. The number of rotatable bonds is 6.